The summed E-state index contributed by atoms with van der Waals surface area (Å²) in [5.41, 5.74) is 22.1. The highest BCUT2D eigenvalue weighted by Gasteiger charge is 2.16. The van der Waals surface area contributed by atoms with Gasteiger partial charge in [0.1, 0.15) is 56.0 Å². The normalized spacial score (nSPS) is 11.2. The lowest BCUT2D eigenvalue weighted by atomic mass is 10.1. The van der Waals surface area contributed by atoms with E-state index in [0.717, 1.165) is 67.3 Å². The summed E-state index contributed by atoms with van der Waals surface area (Å²) in [7, 11) is 0. The second kappa shape index (κ2) is 26.0. The van der Waals surface area contributed by atoms with Gasteiger partial charge in [-0.3, -0.25) is 9.13 Å². The van der Waals surface area contributed by atoms with Crippen LogP contribution in [0.4, 0.5) is 0 Å². The zero-order valence-electron chi connectivity index (χ0n) is 54.3. The Morgan fingerprint density at radius 1 is 0.240 bits per heavy atom. The van der Waals surface area contributed by atoms with Gasteiger partial charge in [-0.15, -0.1) is 0 Å². The van der Waals surface area contributed by atoms with Crippen LogP contribution in [0.5, 0.6) is 0 Å². The van der Waals surface area contributed by atoms with Gasteiger partial charge in [-0.2, -0.15) is 0 Å². The number of furan rings is 4. The van der Waals surface area contributed by atoms with Gasteiger partial charge in [-0.1, -0.05) is 187 Å². The Morgan fingerprint density at radius 2 is 0.656 bits per heavy atom. The topological polar surface area (TPSA) is 88.2 Å². The predicted octanol–water partition coefficient (Wildman–Crippen LogP) is 24.6. The van der Waals surface area contributed by atoms with E-state index < -0.39 is 0 Å². The zero-order chi connectivity index (χ0) is 65.2. The maximum Gasteiger partial charge on any atom is 0.145 e. The van der Waals surface area contributed by atoms with Gasteiger partial charge in [0.2, 0.25) is 0 Å². The van der Waals surface area contributed by atoms with E-state index in [1.165, 1.54) is 109 Å². The van der Waals surface area contributed by atoms with E-state index in [4.69, 9.17) is 17.7 Å². The maximum absolute atomic E-state index is 5.78. The van der Waals surface area contributed by atoms with Crippen molar-refractivity contribution in [1.29, 1.82) is 0 Å². The van der Waals surface area contributed by atoms with Gasteiger partial charge in [0, 0.05) is 88.4 Å². The van der Waals surface area contributed by atoms with Crippen molar-refractivity contribution in [2.45, 2.75) is 41.5 Å². The summed E-state index contributed by atoms with van der Waals surface area (Å²) in [6.07, 6.45) is 3.71. The average Bonchev–Trinajstić information content (AvgIpc) is 1.61. The first-order valence-electron chi connectivity index (χ1n) is 32.4. The minimum Gasteiger partial charge on any atom is -0.456 e. The van der Waals surface area contributed by atoms with E-state index >= 15 is 0 Å². The average molecular weight is 1250 g/mol. The van der Waals surface area contributed by atoms with Crippen LogP contribution in [-0.4, -0.2) is 19.1 Å². The molecule has 8 heterocycles. The van der Waals surface area contributed by atoms with E-state index in [0.29, 0.717) is 0 Å². The first-order chi connectivity index (χ1) is 47.1. The molecule has 20 aromatic rings. The smallest absolute Gasteiger partial charge is 0.145 e. The van der Waals surface area contributed by atoms with Crippen molar-refractivity contribution in [3.63, 3.8) is 0 Å². The summed E-state index contributed by atoms with van der Waals surface area (Å²) in [5, 5.41) is 14.6. The Labute approximate surface area is 555 Å². The van der Waals surface area contributed by atoms with Crippen LogP contribution in [0.1, 0.15) is 33.4 Å². The SMILES string of the molecule is Cc1ccc2c(c1)c1cccnc1n2-c1ccccc1.Cc1ccc2c(c1)oc1ccccc12.Cc1ccc2oc3ccccc3c2c1.Cc1cccc2c1c1cccnc1n2-c1ccccc1.Cc1cccc2c1oc1ccccc12.Cc1cccc2oc3ccccc3c12. The molecule has 464 valence electrons. The third-order valence-corrected chi connectivity index (χ3v) is 17.7. The minimum absolute atomic E-state index is 0.966. The van der Waals surface area contributed by atoms with Crippen LogP contribution in [0, 0.1) is 41.5 Å². The predicted molar refractivity (Wildman–Crippen MR) is 400 cm³/mol. The summed E-state index contributed by atoms with van der Waals surface area (Å²) in [5.74, 6) is 0. The van der Waals surface area contributed by atoms with Crippen molar-refractivity contribution >= 4 is 132 Å². The summed E-state index contributed by atoms with van der Waals surface area (Å²) < 4.78 is 27.4. The van der Waals surface area contributed by atoms with Gasteiger partial charge in [-0.25, -0.2) is 9.97 Å². The summed E-state index contributed by atoms with van der Waals surface area (Å²) >= 11 is 0. The van der Waals surface area contributed by atoms with E-state index in [2.05, 4.69) is 237 Å². The summed E-state index contributed by atoms with van der Waals surface area (Å²) in [6, 6.07) is 99.7. The summed E-state index contributed by atoms with van der Waals surface area (Å²) in [6.45, 7) is 12.6. The molecule has 0 spiro atoms. The molecule has 96 heavy (non-hydrogen) atoms. The molecule has 0 atom stereocenters. The zero-order valence-corrected chi connectivity index (χ0v) is 54.3. The lowest BCUT2D eigenvalue weighted by Gasteiger charge is -2.06. The number of hydrogen-bond donors (Lipinski definition) is 0. The molecular weight excluding hydrogens is 1180 g/mol. The molecular formula is C88H68N4O4. The van der Waals surface area contributed by atoms with Crippen LogP contribution < -0.4 is 0 Å². The number of nitrogens with zero attached hydrogens (tertiary/aromatic N) is 4. The first kappa shape index (κ1) is 60.0. The van der Waals surface area contributed by atoms with Crippen LogP contribution in [0.15, 0.2) is 321 Å². The standard InChI is InChI=1S/2C18H14N2.4C13H10O/c1-13-7-5-11-16-17(13)15-10-6-12-19-18(15)20(16)14-8-3-2-4-9-14;1-13-9-10-17-16(12-13)15-8-5-11-19-18(15)20(17)14-6-3-2-4-7-14;1-9-5-4-7-11-10-6-2-3-8-12(10)14-13(9)11;1-9-5-4-8-12-13(9)10-6-2-3-7-11(10)14-12;1-9-6-7-13-11(8-9)10-4-2-3-5-12(10)14-13;1-9-6-7-11-10-4-2-3-5-12(10)14-13(11)8-9/h2*2-12H,1H3;4*2-8H,1H3. The second-order valence-electron chi connectivity index (χ2n) is 24.4. The van der Waals surface area contributed by atoms with Gasteiger partial charge in [0.25, 0.3) is 0 Å². The molecule has 0 aliphatic heterocycles. The van der Waals surface area contributed by atoms with Crippen molar-refractivity contribution in [3.05, 3.63) is 337 Å². The molecule has 0 saturated carbocycles. The van der Waals surface area contributed by atoms with Crippen molar-refractivity contribution < 1.29 is 17.7 Å². The Hall–Kier alpha value is -12.3. The fourth-order valence-electron chi connectivity index (χ4n) is 13.2. The van der Waals surface area contributed by atoms with Crippen molar-refractivity contribution in [2.24, 2.45) is 0 Å². The molecule has 0 N–H and O–H groups in total. The number of aromatic nitrogens is 4. The van der Waals surface area contributed by atoms with Crippen LogP contribution in [0.25, 0.3) is 143 Å². The molecule has 8 nitrogen and oxygen atoms in total. The minimum atomic E-state index is 0.966. The maximum atomic E-state index is 5.78. The number of benzene rings is 12. The molecule has 0 aliphatic rings. The van der Waals surface area contributed by atoms with Crippen molar-refractivity contribution in [2.75, 3.05) is 0 Å². The first-order valence-corrected chi connectivity index (χ1v) is 32.4. The van der Waals surface area contributed by atoms with Gasteiger partial charge in [-0.05, 0) is 179 Å². The fourth-order valence-corrected chi connectivity index (χ4v) is 13.2. The third-order valence-electron chi connectivity index (χ3n) is 17.7. The highest BCUT2D eigenvalue weighted by molar-refractivity contribution is 6.11. The molecule has 0 bridgehead atoms. The number of rotatable bonds is 2. The van der Waals surface area contributed by atoms with Crippen LogP contribution in [0.2, 0.25) is 0 Å². The molecule has 12 aromatic carbocycles. The Bertz CT molecular complexity index is 6150. The lowest BCUT2D eigenvalue weighted by molar-refractivity contribution is 0.665. The number of aryl methyl sites for hydroxylation is 6. The summed E-state index contributed by atoms with van der Waals surface area (Å²) in [4.78, 5) is 9.19. The molecule has 0 unspecified atom stereocenters. The van der Waals surface area contributed by atoms with Crippen LogP contribution in [-0.2, 0) is 0 Å². The molecule has 0 radical (unpaired) electrons. The highest BCUT2D eigenvalue weighted by atomic mass is 16.3. The Kier molecular flexibility index (Phi) is 16.3. The molecule has 0 aliphatic carbocycles. The Balaban J connectivity index is 0.0000000953. The van der Waals surface area contributed by atoms with Crippen molar-refractivity contribution in [1.82, 2.24) is 19.1 Å². The quantitative estimate of drug-likeness (QED) is 0.171. The molecule has 8 heteroatoms. The molecule has 0 amide bonds. The van der Waals surface area contributed by atoms with E-state index in [1.807, 2.05) is 128 Å². The number of fused-ring (bicyclic) bond motifs is 18. The van der Waals surface area contributed by atoms with Crippen LogP contribution in [0.3, 0.4) is 0 Å². The fraction of sp³-hybridized carbons (Fsp3) is 0.0682. The van der Waals surface area contributed by atoms with Gasteiger partial charge >= 0.3 is 0 Å². The van der Waals surface area contributed by atoms with E-state index in [9.17, 15) is 0 Å². The number of pyridine rings is 2. The Morgan fingerprint density at radius 3 is 1.33 bits per heavy atom. The molecule has 20 rings (SSSR count). The van der Waals surface area contributed by atoms with E-state index in [1.54, 1.807) is 0 Å². The monoisotopic (exact) mass is 1240 g/mol. The van der Waals surface area contributed by atoms with Gasteiger partial charge in [0.05, 0.1) is 11.0 Å². The molecule has 8 aromatic heterocycles. The molecule has 0 saturated heterocycles. The third kappa shape index (κ3) is 11.6. The van der Waals surface area contributed by atoms with Crippen LogP contribution >= 0.6 is 0 Å². The second-order valence-corrected chi connectivity index (χ2v) is 24.4. The largest absolute Gasteiger partial charge is 0.456 e. The number of hydrogen-bond acceptors (Lipinski definition) is 6. The number of para-hydroxylation sites is 7. The van der Waals surface area contributed by atoms with Gasteiger partial charge in [0.15, 0.2) is 0 Å². The highest BCUT2D eigenvalue weighted by Crippen LogP contribution is 2.36. The lowest BCUT2D eigenvalue weighted by Crippen LogP contribution is -1.94. The van der Waals surface area contributed by atoms with Gasteiger partial charge < -0.3 is 17.7 Å². The van der Waals surface area contributed by atoms with Crippen molar-refractivity contribution in [3.8, 4) is 11.4 Å². The molecule has 0 fully saturated rings. The van der Waals surface area contributed by atoms with E-state index in [-0.39, 0.29) is 0 Å².